The van der Waals surface area contributed by atoms with E-state index in [0.717, 1.165) is 23.9 Å². The molecule has 6 heteroatoms. The molecule has 90 valence electrons. The number of rotatable bonds is 4. The summed E-state index contributed by atoms with van der Waals surface area (Å²) in [5.41, 5.74) is 0. The van der Waals surface area contributed by atoms with E-state index in [-0.39, 0.29) is 6.61 Å². The van der Waals surface area contributed by atoms with Gasteiger partial charge in [0.1, 0.15) is 5.82 Å². The summed E-state index contributed by atoms with van der Waals surface area (Å²) < 4.78 is 2.14. The third kappa shape index (κ3) is 2.75. The topological polar surface area (TPSA) is 71.2 Å². The fourth-order valence-electron chi connectivity index (χ4n) is 1.79. The van der Waals surface area contributed by atoms with Gasteiger partial charge in [-0.25, -0.2) is 0 Å². The standard InChI is InChI=1S/C10H17N3O2S/c14-6-8(15)7-16-10-12-11-9-4-2-1-3-5-13(9)10/h8,14-15H,1-7H2. The van der Waals surface area contributed by atoms with Crippen LogP contribution in [0.15, 0.2) is 5.16 Å². The molecule has 2 heterocycles. The van der Waals surface area contributed by atoms with E-state index in [1.165, 1.54) is 31.0 Å². The highest BCUT2D eigenvalue weighted by Gasteiger charge is 2.15. The van der Waals surface area contributed by atoms with Crippen LogP contribution in [0.3, 0.4) is 0 Å². The molecule has 0 aromatic carbocycles. The van der Waals surface area contributed by atoms with Gasteiger partial charge in [0.25, 0.3) is 0 Å². The Hall–Kier alpha value is -0.590. The zero-order chi connectivity index (χ0) is 11.4. The maximum Gasteiger partial charge on any atom is 0.191 e. The Kier molecular flexibility index (Phi) is 4.20. The molecule has 0 radical (unpaired) electrons. The van der Waals surface area contributed by atoms with E-state index in [1.807, 2.05) is 0 Å². The minimum absolute atomic E-state index is 0.200. The third-order valence-electron chi connectivity index (χ3n) is 2.69. The van der Waals surface area contributed by atoms with Crippen molar-refractivity contribution in [1.82, 2.24) is 14.8 Å². The lowest BCUT2D eigenvalue weighted by Crippen LogP contribution is -2.15. The Labute approximate surface area is 98.9 Å². The number of aryl methyl sites for hydroxylation is 1. The van der Waals surface area contributed by atoms with Crippen molar-refractivity contribution in [2.75, 3.05) is 12.4 Å². The van der Waals surface area contributed by atoms with Gasteiger partial charge < -0.3 is 14.8 Å². The number of aromatic nitrogens is 3. The Bertz CT molecular complexity index is 343. The molecule has 0 fully saturated rings. The van der Waals surface area contributed by atoms with E-state index in [4.69, 9.17) is 5.11 Å². The lowest BCUT2D eigenvalue weighted by molar-refractivity contribution is 0.113. The molecule has 2 N–H and O–H groups in total. The Morgan fingerprint density at radius 1 is 1.31 bits per heavy atom. The van der Waals surface area contributed by atoms with Crippen LogP contribution in [0, 0.1) is 0 Å². The first-order chi connectivity index (χ1) is 7.81. The summed E-state index contributed by atoms with van der Waals surface area (Å²) in [6, 6.07) is 0. The van der Waals surface area contributed by atoms with Gasteiger partial charge in [-0.15, -0.1) is 10.2 Å². The minimum Gasteiger partial charge on any atom is -0.394 e. The zero-order valence-corrected chi connectivity index (χ0v) is 9.99. The molecule has 2 rings (SSSR count). The van der Waals surface area contributed by atoms with E-state index < -0.39 is 6.10 Å². The maximum absolute atomic E-state index is 9.29. The van der Waals surface area contributed by atoms with Gasteiger partial charge >= 0.3 is 0 Å². The number of fused-ring (bicyclic) bond motifs is 1. The summed E-state index contributed by atoms with van der Waals surface area (Å²) in [4.78, 5) is 0. The maximum atomic E-state index is 9.29. The average molecular weight is 243 g/mol. The molecule has 1 atom stereocenters. The Morgan fingerprint density at radius 2 is 2.19 bits per heavy atom. The SMILES string of the molecule is OCC(O)CSc1nnc2n1CCCCC2. The van der Waals surface area contributed by atoms with Crippen molar-refractivity contribution in [1.29, 1.82) is 0 Å². The monoisotopic (exact) mass is 243 g/mol. The first-order valence-electron chi connectivity index (χ1n) is 5.65. The van der Waals surface area contributed by atoms with E-state index in [2.05, 4.69) is 14.8 Å². The second-order valence-corrected chi connectivity index (χ2v) is 5.00. The lowest BCUT2D eigenvalue weighted by Gasteiger charge is -2.08. The predicted molar refractivity (Wildman–Crippen MR) is 61.4 cm³/mol. The average Bonchev–Trinajstić information content (AvgIpc) is 2.54. The van der Waals surface area contributed by atoms with Crippen LogP contribution in [0.1, 0.15) is 25.1 Å². The Morgan fingerprint density at radius 3 is 3.00 bits per heavy atom. The summed E-state index contributed by atoms with van der Waals surface area (Å²) in [6.07, 6.45) is 3.91. The highest BCUT2D eigenvalue weighted by atomic mass is 32.2. The molecule has 1 aliphatic rings. The summed E-state index contributed by atoms with van der Waals surface area (Å²) in [5.74, 6) is 1.52. The van der Waals surface area contributed by atoms with Crippen LogP contribution >= 0.6 is 11.8 Å². The van der Waals surface area contributed by atoms with Gasteiger partial charge in [-0.1, -0.05) is 18.2 Å². The van der Waals surface area contributed by atoms with Gasteiger partial charge in [0.05, 0.1) is 12.7 Å². The summed E-state index contributed by atoms with van der Waals surface area (Å²) in [6.45, 7) is 0.772. The smallest absolute Gasteiger partial charge is 0.191 e. The Balaban J connectivity index is 2.01. The van der Waals surface area contributed by atoms with Crippen LogP contribution < -0.4 is 0 Å². The lowest BCUT2D eigenvalue weighted by atomic mass is 10.2. The second-order valence-electron chi connectivity index (χ2n) is 4.01. The van der Waals surface area contributed by atoms with E-state index in [1.54, 1.807) is 0 Å². The first-order valence-corrected chi connectivity index (χ1v) is 6.63. The molecular formula is C10H17N3O2S. The van der Waals surface area contributed by atoms with Gasteiger partial charge in [-0.05, 0) is 12.8 Å². The van der Waals surface area contributed by atoms with Gasteiger partial charge in [0.15, 0.2) is 5.16 Å². The number of nitrogens with zero attached hydrogens (tertiary/aromatic N) is 3. The highest BCUT2D eigenvalue weighted by Crippen LogP contribution is 2.22. The summed E-state index contributed by atoms with van der Waals surface area (Å²) in [7, 11) is 0. The predicted octanol–water partition coefficient (Wildman–Crippen LogP) is 0.450. The number of aliphatic hydroxyl groups is 2. The van der Waals surface area contributed by atoms with E-state index in [9.17, 15) is 5.11 Å². The van der Waals surface area contributed by atoms with Crippen molar-refractivity contribution < 1.29 is 10.2 Å². The van der Waals surface area contributed by atoms with Gasteiger partial charge in [-0.2, -0.15) is 0 Å². The van der Waals surface area contributed by atoms with E-state index >= 15 is 0 Å². The molecular weight excluding hydrogens is 226 g/mol. The van der Waals surface area contributed by atoms with Crippen LogP contribution in [0.5, 0.6) is 0 Å². The molecule has 5 nitrogen and oxygen atoms in total. The third-order valence-corrected chi connectivity index (χ3v) is 3.80. The molecule has 1 unspecified atom stereocenters. The number of thioether (sulfide) groups is 1. The summed E-state index contributed by atoms with van der Waals surface area (Å²) >= 11 is 1.46. The molecule has 1 aromatic heterocycles. The van der Waals surface area contributed by atoms with Crippen molar-refractivity contribution in [3.63, 3.8) is 0 Å². The van der Waals surface area contributed by atoms with Gasteiger partial charge in [-0.3, -0.25) is 0 Å². The minimum atomic E-state index is -0.677. The molecule has 1 aliphatic heterocycles. The van der Waals surface area contributed by atoms with Gasteiger partial charge in [0, 0.05) is 18.7 Å². The molecule has 0 amide bonds. The molecule has 0 spiro atoms. The highest BCUT2D eigenvalue weighted by molar-refractivity contribution is 7.99. The molecule has 0 aliphatic carbocycles. The number of hydrogen-bond acceptors (Lipinski definition) is 5. The fraction of sp³-hybridized carbons (Fsp3) is 0.800. The van der Waals surface area contributed by atoms with Crippen molar-refractivity contribution in [3.8, 4) is 0 Å². The summed E-state index contributed by atoms with van der Waals surface area (Å²) in [5, 5.41) is 27.2. The van der Waals surface area contributed by atoms with E-state index in [0.29, 0.717) is 5.75 Å². The molecule has 0 saturated heterocycles. The molecule has 0 bridgehead atoms. The number of aliphatic hydroxyl groups excluding tert-OH is 2. The van der Waals surface area contributed by atoms with Gasteiger partial charge in [0.2, 0.25) is 0 Å². The van der Waals surface area contributed by atoms with Crippen LogP contribution in [0.25, 0.3) is 0 Å². The van der Waals surface area contributed by atoms with Crippen LogP contribution in [-0.4, -0.2) is 43.4 Å². The molecule has 0 saturated carbocycles. The fourth-order valence-corrected chi connectivity index (χ4v) is 2.69. The second kappa shape index (κ2) is 5.65. The molecule has 16 heavy (non-hydrogen) atoms. The molecule has 1 aromatic rings. The van der Waals surface area contributed by atoms with Crippen LogP contribution in [0.2, 0.25) is 0 Å². The van der Waals surface area contributed by atoms with Crippen molar-refractivity contribution >= 4 is 11.8 Å². The first kappa shape index (κ1) is 11.9. The zero-order valence-electron chi connectivity index (χ0n) is 9.17. The van der Waals surface area contributed by atoms with Crippen molar-refractivity contribution in [2.45, 2.75) is 43.5 Å². The largest absolute Gasteiger partial charge is 0.394 e. The van der Waals surface area contributed by atoms with Crippen LogP contribution in [-0.2, 0) is 13.0 Å². The normalized spacial score (nSPS) is 17.9. The van der Waals surface area contributed by atoms with Crippen LogP contribution in [0.4, 0.5) is 0 Å². The number of hydrogen-bond donors (Lipinski definition) is 2. The van der Waals surface area contributed by atoms with Crippen molar-refractivity contribution in [2.24, 2.45) is 0 Å². The quantitative estimate of drug-likeness (QED) is 0.751. The van der Waals surface area contributed by atoms with Crippen molar-refractivity contribution in [3.05, 3.63) is 5.82 Å².